The molecule has 1 rings (SSSR count). The van der Waals surface area contributed by atoms with E-state index in [4.69, 9.17) is 10.5 Å². The third-order valence-corrected chi connectivity index (χ3v) is 3.41. The Morgan fingerprint density at radius 2 is 2.05 bits per heavy atom. The number of carbonyl (C=O) groups is 1. The van der Waals surface area contributed by atoms with Crippen LogP contribution in [0.3, 0.4) is 0 Å². The highest BCUT2D eigenvalue weighted by Gasteiger charge is 2.17. The van der Waals surface area contributed by atoms with Crippen molar-refractivity contribution in [3.05, 3.63) is 29.3 Å². The van der Waals surface area contributed by atoms with E-state index in [-0.39, 0.29) is 11.9 Å². The molecule has 0 bridgehead atoms. The van der Waals surface area contributed by atoms with Gasteiger partial charge in [0, 0.05) is 18.2 Å². The molecule has 118 valence electrons. The fourth-order valence-corrected chi connectivity index (χ4v) is 2.09. The van der Waals surface area contributed by atoms with E-state index < -0.39 is 6.10 Å². The molecule has 0 aliphatic rings. The van der Waals surface area contributed by atoms with E-state index in [9.17, 15) is 4.79 Å². The Hall–Kier alpha value is -1.55. The number of aryl methyl sites for hydroxylation is 1. The first-order chi connectivity index (χ1) is 9.95. The Bertz CT molecular complexity index is 458. The van der Waals surface area contributed by atoms with Gasteiger partial charge in [0.05, 0.1) is 0 Å². The summed E-state index contributed by atoms with van der Waals surface area (Å²) >= 11 is 0. The van der Waals surface area contributed by atoms with Gasteiger partial charge in [-0.2, -0.15) is 0 Å². The molecular weight excluding hydrogens is 264 g/mol. The molecule has 3 N–H and O–H groups in total. The summed E-state index contributed by atoms with van der Waals surface area (Å²) in [5.41, 5.74) is 7.96. The second-order valence-electron chi connectivity index (χ2n) is 5.59. The summed E-state index contributed by atoms with van der Waals surface area (Å²) in [5.74, 6) is 0.615. The minimum atomic E-state index is -0.522. The Morgan fingerprint density at radius 1 is 1.33 bits per heavy atom. The molecule has 4 nitrogen and oxygen atoms in total. The number of nitrogens with two attached hydrogens (primary N) is 1. The van der Waals surface area contributed by atoms with Gasteiger partial charge in [0.1, 0.15) is 5.75 Å². The fourth-order valence-electron chi connectivity index (χ4n) is 2.09. The molecule has 1 aromatic rings. The minimum absolute atomic E-state index is 0.0803. The zero-order valence-corrected chi connectivity index (χ0v) is 13.6. The lowest BCUT2D eigenvalue weighted by Crippen LogP contribution is -2.37. The van der Waals surface area contributed by atoms with E-state index in [0.29, 0.717) is 12.3 Å². The van der Waals surface area contributed by atoms with Gasteiger partial charge in [-0.15, -0.1) is 0 Å². The highest BCUT2D eigenvalue weighted by molar-refractivity contribution is 5.80. The number of nitrogens with one attached hydrogen (secondary N) is 1. The van der Waals surface area contributed by atoms with Crippen LogP contribution >= 0.6 is 0 Å². The first-order valence-corrected chi connectivity index (χ1v) is 7.76. The number of benzene rings is 1. The number of hydrogen-bond donors (Lipinski definition) is 2. The quantitative estimate of drug-likeness (QED) is 0.724. The molecule has 0 aromatic heterocycles. The number of rotatable bonds is 8. The molecule has 1 amide bonds. The maximum absolute atomic E-state index is 12.0. The fraction of sp³-hybridized carbons (Fsp3) is 0.588. The van der Waals surface area contributed by atoms with Crippen molar-refractivity contribution in [1.29, 1.82) is 0 Å². The van der Waals surface area contributed by atoms with Crippen molar-refractivity contribution in [2.75, 3.05) is 6.54 Å². The summed E-state index contributed by atoms with van der Waals surface area (Å²) in [7, 11) is 0. The molecule has 0 heterocycles. The molecule has 0 radical (unpaired) electrons. The summed E-state index contributed by atoms with van der Waals surface area (Å²) in [4.78, 5) is 12.0. The SMILES string of the molecule is CCCCCNC(=O)C(C)Oc1cc(C)ccc1[C@H](C)N. The van der Waals surface area contributed by atoms with Gasteiger partial charge in [0.25, 0.3) is 5.91 Å². The normalized spacial score (nSPS) is 13.6. The molecule has 2 atom stereocenters. The molecule has 0 aliphatic heterocycles. The van der Waals surface area contributed by atoms with Crippen LogP contribution in [0.15, 0.2) is 18.2 Å². The Morgan fingerprint density at radius 3 is 2.67 bits per heavy atom. The lowest BCUT2D eigenvalue weighted by molar-refractivity contribution is -0.127. The summed E-state index contributed by atoms with van der Waals surface area (Å²) in [6.07, 6.45) is 2.75. The highest BCUT2D eigenvalue weighted by Crippen LogP contribution is 2.26. The summed E-state index contributed by atoms with van der Waals surface area (Å²) in [5, 5.41) is 2.91. The molecule has 0 saturated heterocycles. The van der Waals surface area contributed by atoms with Crippen LogP contribution in [0.4, 0.5) is 0 Å². The van der Waals surface area contributed by atoms with E-state index in [1.807, 2.05) is 32.0 Å². The number of amides is 1. The predicted molar refractivity (Wildman–Crippen MR) is 86.4 cm³/mol. The van der Waals surface area contributed by atoms with E-state index in [1.54, 1.807) is 6.92 Å². The van der Waals surface area contributed by atoms with Crippen molar-refractivity contribution in [1.82, 2.24) is 5.32 Å². The largest absolute Gasteiger partial charge is 0.481 e. The maximum Gasteiger partial charge on any atom is 0.260 e. The zero-order chi connectivity index (χ0) is 15.8. The van der Waals surface area contributed by atoms with Gasteiger partial charge in [-0.3, -0.25) is 4.79 Å². The van der Waals surface area contributed by atoms with Gasteiger partial charge < -0.3 is 15.8 Å². The van der Waals surface area contributed by atoms with Crippen LogP contribution < -0.4 is 15.8 Å². The second-order valence-corrected chi connectivity index (χ2v) is 5.59. The summed E-state index contributed by atoms with van der Waals surface area (Å²) < 4.78 is 5.81. The van der Waals surface area contributed by atoms with Crippen LogP contribution in [0.1, 0.15) is 57.2 Å². The van der Waals surface area contributed by atoms with Crippen molar-refractivity contribution < 1.29 is 9.53 Å². The first-order valence-electron chi connectivity index (χ1n) is 7.76. The maximum atomic E-state index is 12.0. The van der Waals surface area contributed by atoms with E-state index in [2.05, 4.69) is 12.2 Å². The van der Waals surface area contributed by atoms with Crippen LogP contribution in [-0.4, -0.2) is 18.6 Å². The topological polar surface area (TPSA) is 64.3 Å². The minimum Gasteiger partial charge on any atom is -0.481 e. The van der Waals surface area contributed by atoms with Crippen LogP contribution in [-0.2, 0) is 4.79 Å². The van der Waals surface area contributed by atoms with Gasteiger partial charge in [-0.1, -0.05) is 31.9 Å². The van der Waals surface area contributed by atoms with E-state index in [0.717, 1.165) is 30.4 Å². The summed E-state index contributed by atoms with van der Waals surface area (Å²) in [6.45, 7) is 8.51. The van der Waals surface area contributed by atoms with Crippen molar-refractivity contribution in [2.24, 2.45) is 5.73 Å². The summed E-state index contributed by atoms with van der Waals surface area (Å²) in [6, 6.07) is 5.77. The lowest BCUT2D eigenvalue weighted by Gasteiger charge is -2.19. The van der Waals surface area contributed by atoms with Crippen molar-refractivity contribution in [3.8, 4) is 5.75 Å². The van der Waals surface area contributed by atoms with Gasteiger partial charge in [-0.25, -0.2) is 0 Å². The monoisotopic (exact) mass is 292 g/mol. The predicted octanol–water partition coefficient (Wildman–Crippen LogP) is 3.09. The van der Waals surface area contributed by atoms with Gasteiger partial charge in [-0.05, 0) is 38.8 Å². The zero-order valence-electron chi connectivity index (χ0n) is 13.6. The third-order valence-electron chi connectivity index (χ3n) is 3.41. The van der Waals surface area contributed by atoms with E-state index >= 15 is 0 Å². The Balaban J connectivity index is 2.63. The van der Waals surface area contributed by atoms with E-state index in [1.165, 1.54) is 0 Å². The van der Waals surface area contributed by atoms with Crippen molar-refractivity contribution in [3.63, 3.8) is 0 Å². The molecule has 21 heavy (non-hydrogen) atoms. The molecule has 0 fully saturated rings. The molecule has 1 aromatic carbocycles. The number of unbranched alkanes of at least 4 members (excludes halogenated alkanes) is 2. The Kier molecular flexibility index (Phi) is 7.23. The van der Waals surface area contributed by atoms with Gasteiger partial charge in [0.15, 0.2) is 6.10 Å². The van der Waals surface area contributed by atoms with Crippen LogP contribution in [0, 0.1) is 6.92 Å². The second kappa shape index (κ2) is 8.67. The van der Waals surface area contributed by atoms with Crippen LogP contribution in [0.5, 0.6) is 5.75 Å². The van der Waals surface area contributed by atoms with Gasteiger partial charge >= 0.3 is 0 Å². The average Bonchev–Trinajstić information content (AvgIpc) is 2.43. The number of hydrogen-bond acceptors (Lipinski definition) is 3. The van der Waals surface area contributed by atoms with Crippen molar-refractivity contribution in [2.45, 2.75) is 59.1 Å². The molecule has 4 heteroatoms. The van der Waals surface area contributed by atoms with Crippen LogP contribution in [0.25, 0.3) is 0 Å². The van der Waals surface area contributed by atoms with Gasteiger partial charge in [0.2, 0.25) is 0 Å². The Labute approximate surface area is 128 Å². The molecule has 0 aliphatic carbocycles. The number of ether oxygens (including phenoxy) is 1. The number of carbonyl (C=O) groups excluding carboxylic acids is 1. The van der Waals surface area contributed by atoms with Crippen LogP contribution in [0.2, 0.25) is 0 Å². The standard InChI is InChI=1S/C17H28N2O2/c1-5-6-7-10-19-17(20)14(4)21-16-11-12(2)8-9-15(16)13(3)18/h8-9,11,13-14H,5-7,10,18H2,1-4H3,(H,19,20)/t13-,14?/m0/s1. The smallest absolute Gasteiger partial charge is 0.260 e. The average molecular weight is 292 g/mol. The molecule has 0 saturated carbocycles. The molecular formula is C17H28N2O2. The lowest BCUT2D eigenvalue weighted by atomic mass is 10.1. The third kappa shape index (κ3) is 5.76. The molecule has 0 spiro atoms. The highest BCUT2D eigenvalue weighted by atomic mass is 16.5. The van der Waals surface area contributed by atoms with Crippen molar-refractivity contribution >= 4 is 5.91 Å². The first kappa shape index (κ1) is 17.5. The molecule has 1 unspecified atom stereocenters.